The summed E-state index contributed by atoms with van der Waals surface area (Å²) >= 11 is 8.95. The molecule has 1 N–H and O–H groups in total. The number of benzene rings is 2. The largest absolute Gasteiger partial charge is 0.465 e. The van der Waals surface area contributed by atoms with Crippen molar-refractivity contribution in [2.45, 2.75) is 4.90 Å². The second-order valence-electron chi connectivity index (χ2n) is 4.67. The highest BCUT2D eigenvalue weighted by molar-refractivity contribution is 9.10. The highest BCUT2D eigenvalue weighted by Crippen LogP contribution is 2.34. The topological polar surface area (TPSA) is 116 Å². The van der Waals surface area contributed by atoms with Crippen LogP contribution < -0.4 is 4.72 Å². The maximum Gasteiger partial charge on any atom is 0.337 e. The number of esters is 1. The van der Waals surface area contributed by atoms with E-state index in [0.29, 0.717) is 0 Å². The molecule has 2 aromatic carbocycles. The molecule has 0 saturated carbocycles. The average molecular weight is 450 g/mol. The fourth-order valence-corrected chi connectivity index (χ4v) is 4.02. The molecule has 0 bridgehead atoms. The van der Waals surface area contributed by atoms with Crippen LogP contribution in [0.3, 0.4) is 0 Å². The monoisotopic (exact) mass is 448 g/mol. The van der Waals surface area contributed by atoms with Gasteiger partial charge >= 0.3 is 5.97 Å². The molecule has 0 fully saturated rings. The Bertz CT molecular complexity index is 947. The molecular weight excluding hydrogens is 440 g/mol. The predicted molar refractivity (Wildman–Crippen MR) is 94.4 cm³/mol. The molecular formula is C14H10BrClN2O6S. The van der Waals surface area contributed by atoms with Gasteiger partial charge in [0.25, 0.3) is 15.7 Å². The Morgan fingerprint density at radius 2 is 1.88 bits per heavy atom. The molecule has 0 atom stereocenters. The molecule has 8 nitrogen and oxygen atoms in total. The number of non-ortho nitro benzene ring substituents is 1. The second-order valence-corrected chi connectivity index (χ2v) is 7.55. The average Bonchev–Trinajstić information content (AvgIpc) is 2.56. The fraction of sp³-hybridized carbons (Fsp3) is 0.0714. The van der Waals surface area contributed by atoms with E-state index in [4.69, 9.17) is 11.6 Å². The zero-order valence-corrected chi connectivity index (χ0v) is 15.7. The van der Waals surface area contributed by atoms with Crippen LogP contribution in [0.4, 0.5) is 11.4 Å². The zero-order valence-electron chi connectivity index (χ0n) is 12.5. The molecule has 132 valence electrons. The number of carbonyl (C=O) groups excluding carboxylic acids is 1. The fourth-order valence-electron chi connectivity index (χ4n) is 1.85. The van der Waals surface area contributed by atoms with Crippen molar-refractivity contribution in [1.82, 2.24) is 0 Å². The van der Waals surface area contributed by atoms with Gasteiger partial charge < -0.3 is 4.74 Å². The first-order chi connectivity index (χ1) is 11.7. The molecule has 0 saturated heterocycles. The van der Waals surface area contributed by atoms with Gasteiger partial charge in [-0.15, -0.1) is 0 Å². The quantitative estimate of drug-likeness (QED) is 0.423. The van der Waals surface area contributed by atoms with Crippen LogP contribution in [0.15, 0.2) is 45.8 Å². The van der Waals surface area contributed by atoms with Gasteiger partial charge in [0.1, 0.15) is 4.90 Å². The molecule has 25 heavy (non-hydrogen) atoms. The van der Waals surface area contributed by atoms with Crippen molar-refractivity contribution in [2.75, 3.05) is 11.8 Å². The Hall–Kier alpha value is -2.17. The van der Waals surface area contributed by atoms with Gasteiger partial charge in [-0.25, -0.2) is 13.2 Å². The number of sulfonamides is 1. The number of nitro benzene ring substituents is 1. The minimum absolute atomic E-state index is 0.0739. The lowest BCUT2D eigenvalue weighted by atomic mass is 10.2. The van der Waals surface area contributed by atoms with Gasteiger partial charge in [0.2, 0.25) is 0 Å². The third-order valence-corrected chi connectivity index (χ3v) is 5.82. The smallest absolute Gasteiger partial charge is 0.337 e. The first-order valence-electron chi connectivity index (χ1n) is 6.50. The number of halogens is 2. The van der Waals surface area contributed by atoms with Crippen molar-refractivity contribution in [3.8, 4) is 0 Å². The van der Waals surface area contributed by atoms with Crippen molar-refractivity contribution in [3.05, 3.63) is 61.6 Å². The molecule has 0 aliphatic carbocycles. The number of carbonyl (C=O) groups is 1. The van der Waals surface area contributed by atoms with Crippen molar-refractivity contribution in [3.63, 3.8) is 0 Å². The molecule has 0 aromatic heterocycles. The highest BCUT2D eigenvalue weighted by Gasteiger charge is 2.24. The summed E-state index contributed by atoms with van der Waals surface area (Å²) in [6, 6.07) is 7.41. The zero-order chi connectivity index (χ0) is 18.8. The van der Waals surface area contributed by atoms with Gasteiger partial charge in [-0.2, -0.15) is 0 Å². The van der Waals surface area contributed by atoms with Crippen molar-refractivity contribution in [1.29, 1.82) is 0 Å². The summed E-state index contributed by atoms with van der Waals surface area (Å²) < 4.78 is 31.9. The maximum atomic E-state index is 12.5. The van der Waals surface area contributed by atoms with Crippen LogP contribution in [0.2, 0.25) is 5.02 Å². The molecule has 0 aliphatic heterocycles. The molecule has 11 heteroatoms. The van der Waals surface area contributed by atoms with Gasteiger partial charge in [-0.3, -0.25) is 14.8 Å². The normalized spacial score (nSPS) is 11.0. The SMILES string of the molecule is COC(=O)c1ccc(NS(=O)(=O)c2cc([N+](=O)[O-])cc(Br)c2Cl)cc1. The number of nitrogens with one attached hydrogen (secondary N) is 1. The van der Waals surface area contributed by atoms with E-state index in [9.17, 15) is 23.3 Å². The first-order valence-corrected chi connectivity index (χ1v) is 9.15. The predicted octanol–water partition coefficient (Wildman–Crippen LogP) is 3.60. The Labute approximate surface area is 156 Å². The van der Waals surface area contributed by atoms with E-state index in [0.717, 1.165) is 12.1 Å². The maximum absolute atomic E-state index is 12.5. The highest BCUT2D eigenvalue weighted by atomic mass is 79.9. The molecule has 2 aromatic rings. The molecule has 0 radical (unpaired) electrons. The van der Waals surface area contributed by atoms with Gasteiger partial charge in [0, 0.05) is 22.3 Å². The number of ether oxygens (including phenoxy) is 1. The Morgan fingerprint density at radius 1 is 1.28 bits per heavy atom. The van der Waals surface area contributed by atoms with Crippen LogP contribution in [-0.4, -0.2) is 26.4 Å². The minimum atomic E-state index is -4.19. The van der Waals surface area contributed by atoms with Crippen LogP contribution in [0.5, 0.6) is 0 Å². The van der Waals surface area contributed by atoms with Gasteiger partial charge in [-0.1, -0.05) is 11.6 Å². The minimum Gasteiger partial charge on any atom is -0.465 e. The van der Waals surface area contributed by atoms with E-state index in [1.165, 1.54) is 31.4 Å². The third kappa shape index (κ3) is 4.27. The van der Waals surface area contributed by atoms with E-state index < -0.39 is 31.5 Å². The number of hydrogen-bond acceptors (Lipinski definition) is 6. The lowest BCUT2D eigenvalue weighted by Crippen LogP contribution is -2.14. The summed E-state index contributed by atoms with van der Waals surface area (Å²) in [7, 11) is -2.97. The van der Waals surface area contributed by atoms with E-state index in [1.807, 2.05) is 0 Å². The molecule has 0 amide bonds. The lowest BCUT2D eigenvalue weighted by molar-refractivity contribution is -0.385. The van der Waals surface area contributed by atoms with Crippen LogP contribution in [0.25, 0.3) is 0 Å². The van der Waals surface area contributed by atoms with Crippen LogP contribution in [0, 0.1) is 10.1 Å². The molecule has 0 unspecified atom stereocenters. The summed E-state index contributed by atoms with van der Waals surface area (Å²) in [5, 5.41) is 10.7. The number of nitrogens with zero attached hydrogens (tertiary/aromatic N) is 1. The summed E-state index contributed by atoms with van der Waals surface area (Å²) in [6.07, 6.45) is 0. The number of methoxy groups -OCH3 is 1. The standard InChI is InChI=1S/C14H10BrClN2O6S/c1-24-14(19)8-2-4-9(5-3-8)17-25(22,23)12-7-10(18(20)21)6-11(15)13(12)16/h2-7,17H,1H3. The molecule has 2 rings (SSSR count). The molecule has 0 heterocycles. The first kappa shape index (κ1) is 19.2. The van der Waals surface area contributed by atoms with E-state index in [2.05, 4.69) is 25.4 Å². The Morgan fingerprint density at radius 3 is 2.40 bits per heavy atom. The summed E-state index contributed by atoms with van der Waals surface area (Å²) in [5.41, 5.74) is -0.0504. The van der Waals surface area contributed by atoms with Crippen LogP contribution in [-0.2, 0) is 14.8 Å². The van der Waals surface area contributed by atoms with E-state index >= 15 is 0 Å². The number of anilines is 1. The number of nitro groups is 1. The van der Waals surface area contributed by atoms with Crippen molar-refractivity contribution < 1.29 is 22.9 Å². The van der Waals surface area contributed by atoms with Gasteiger partial charge in [-0.05, 0) is 40.2 Å². The number of hydrogen-bond donors (Lipinski definition) is 1. The number of rotatable bonds is 5. The van der Waals surface area contributed by atoms with Crippen LogP contribution in [0.1, 0.15) is 10.4 Å². The summed E-state index contributed by atoms with van der Waals surface area (Å²) in [5.74, 6) is -0.569. The summed E-state index contributed by atoms with van der Waals surface area (Å²) in [6.45, 7) is 0. The van der Waals surface area contributed by atoms with E-state index in [1.54, 1.807) is 0 Å². The molecule has 0 spiro atoms. The van der Waals surface area contributed by atoms with Crippen LogP contribution >= 0.6 is 27.5 Å². The Balaban J connectivity index is 2.39. The van der Waals surface area contributed by atoms with Gasteiger partial charge in [0.05, 0.1) is 22.6 Å². The second kappa shape index (κ2) is 7.38. The molecule has 0 aliphatic rings. The van der Waals surface area contributed by atoms with Gasteiger partial charge in [0.15, 0.2) is 0 Å². The third-order valence-electron chi connectivity index (χ3n) is 3.04. The summed E-state index contributed by atoms with van der Waals surface area (Å²) in [4.78, 5) is 21.1. The lowest BCUT2D eigenvalue weighted by Gasteiger charge is -2.11. The van der Waals surface area contributed by atoms with Crippen molar-refractivity contribution >= 4 is 54.9 Å². The van der Waals surface area contributed by atoms with Crippen molar-refractivity contribution in [2.24, 2.45) is 0 Å². The van der Waals surface area contributed by atoms with E-state index in [-0.39, 0.29) is 20.7 Å². The Kier molecular flexibility index (Phi) is 5.65.